The van der Waals surface area contributed by atoms with Crippen LogP contribution in [0.25, 0.3) is 0 Å². The van der Waals surface area contributed by atoms with Crippen LogP contribution < -0.4 is 0 Å². The lowest BCUT2D eigenvalue weighted by Gasteiger charge is -1.57. The van der Waals surface area contributed by atoms with Crippen molar-refractivity contribution < 1.29 is 0 Å². The Morgan fingerprint density at radius 3 is 0.625 bits per heavy atom. The summed E-state index contributed by atoms with van der Waals surface area (Å²) in [7, 11) is 0. The van der Waals surface area contributed by atoms with Gasteiger partial charge in [-0.3, -0.25) is 0 Å². The number of allylic oxidation sites excluding steroid dienone is 2. The zero-order valence-corrected chi connectivity index (χ0v) is 22.5. The van der Waals surface area contributed by atoms with Crippen molar-refractivity contribution in [1.29, 1.82) is 0 Å². The summed E-state index contributed by atoms with van der Waals surface area (Å²) in [5.41, 5.74) is 0. The second-order valence-electron chi connectivity index (χ2n) is 1.51. The van der Waals surface area contributed by atoms with Gasteiger partial charge in [0.1, 0.15) is 0 Å². The molecule has 0 bridgehead atoms. The molecule has 0 aromatic rings. The van der Waals surface area contributed by atoms with Crippen molar-refractivity contribution in [3.05, 3.63) is 25.3 Å². The van der Waals surface area contributed by atoms with Gasteiger partial charge in [-0.05, 0) is 25.9 Å². The topological polar surface area (TPSA) is 0 Å². The van der Waals surface area contributed by atoms with E-state index in [4.69, 9.17) is 0 Å². The molecule has 0 aromatic carbocycles. The van der Waals surface area contributed by atoms with Crippen molar-refractivity contribution in [2.45, 2.75) is 117 Å². The fourth-order valence-electron chi connectivity index (χ4n) is 0. The zero-order valence-electron chi connectivity index (χ0n) is 21.7. The first-order chi connectivity index (χ1) is 11.7. The molecule has 0 saturated carbocycles. The van der Waals surface area contributed by atoms with Crippen molar-refractivity contribution in [1.82, 2.24) is 0 Å². The maximum Gasteiger partial charge on any atom is -0.0187 e. The van der Waals surface area contributed by atoms with Crippen LogP contribution in [-0.2, 0) is 0 Å². The second-order valence-corrected chi connectivity index (χ2v) is 2.33. The molecule has 0 unspecified atom stereocenters. The van der Waals surface area contributed by atoms with Gasteiger partial charge in [0, 0.05) is 0 Å². The normalized spacial score (nSPS) is 4.08. The Labute approximate surface area is 167 Å². The Bertz CT molecular complexity index is 50.0. The van der Waals surface area contributed by atoms with E-state index in [0.717, 1.165) is 6.42 Å². The van der Waals surface area contributed by atoms with E-state index in [2.05, 4.69) is 20.1 Å². The molecule has 24 heavy (non-hydrogen) atoms. The predicted octanol–water partition coefficient (Wildman–Crippen LogP) is 10.9. The minimum atomic E-state index is 1.08. The molecule has 160 valence electrons. The lowest BCUT2D eigenvalue weighted by Crippen LogP contribution is -1.36. The SMILES string of the molecule is C=CC.C=CCC.CC.CC.CC.CC.CC.CC.CC.CSC. The molecule has 0 atom stereocenters. The molecule has 0 heterocycles. The summed E-state index contributed by atoms with van der Waals surface area (Å²) in [6.45, 7) is 38.8. The summed E-state index contributed by atoms with van der Waals surface area (Å²) in [5, 5.41) is 0. The third kappa shape index (κ3) is 13700. The molecule has 0 nitrogen and oxygen atoms in total. The molecule has 1 heteroatoms. The van der Waals surface area contributed by atoms with Crippen LogP contribution in [0.3, 0.4) is 0 Å². The Morgan fingerprint density at radius 1 is 0.583 bits per heavy atom. The van der Waals surface area contributed by atoms with E-state index in [1.165, 1.54) is 0 Å². The molecule has 0 saturated heterocycles. The molecule has 0 radical (unpaired) electrons. The van der Waals surface area contributed by atoms with Crippen LogP contribution in [0.5, 0.6) is 0 Å². The maximum atomic E-state index is 3.48. The van der Waals surface area contributed by atoms with Crippen LogP contribution in [-0.4, -0.2) is 12.5 Å². The summed E-state index contributed by atoms with van der Waals surface area (Å²) in [6, 6.07) is 0. The van der Waals surface area contributed by atoms with Gasteiger partial charge in [0.05, 0.1) is 0 Å². The molecule has 0 aliphatic heterocycles. The van der Waals surface area contributed by atoms with Gasteiger partial charge in [0.25, 0.3) is 0 Å². The first-order valence-electron chi connectivity index (χ1n) is 10.3. The van der Waals surface area contributed by atoms with E-state index < -0.39 is 0 Å². The minimum absolute atomic E-state index is 1.08. The van der Waals surface area contributed by atoms with Crippen molar-refractivity contribution in [2.75, 3.05) is 12.5 Å². The fraction of sp³-hybridized carbons (Fsp3) is 0.826. The molecule has 0 aromatic heterocycles. The van der Waals surface area contributed by atoms with Crippen molar-refractivity contribution in [3.8, 4) is 0 Å². The Balaban J connectivity index is -0.0000000115. The van der Waals surface area contributed by atoms with E-state index in [1.54, 1.807) is 17.8 Å². The number of hydrogen-bond donors (Lipinski definition) is 0. The predicted molar refractivity (Wildman–Crippen MR) is 135 cm³/mol. The Hall–Kier alpha value is -0.170. The standard InChI is InChI=1S/C4H8.C3H6.C2H6S.7C2H6/c1-3-4-2;2*1-3-2;7*1-2/h3H,1,4H2,2H3;3H,1H2,2H3;1-2H3;7*1-2H3. The largest absolute Gasteiger partial charge is 0.169 e. The lowest BCUT2D eigenvalue weighted by molar-refractivity contribution is 1.23. The summed E-state index contributed by atoms with van der Waals surface area (Å²) in [6.07, 6.45) is 8.79. The van der Waals surface area contributed by atoms with Gasteiger partial charge in [-0.2, -0.15) is 11.8 Å². The molecule has 0 spiro atoms. The molecule has 0 fully saturated rings. The molecular weight excluding hydrogens is 308 g/mol. The van der Waals surface area contributed by atoms with Crippen molar-refractivity contribution in [2.24, 2.45) is 0 Å². The smallest absolute Gasteiger partial charge is 0.0187 e. The van der Waals surface area contributed by atoms with Crippen LogP contribution >= 0.6 is 11.8 Å². The number of thioether (sulfide) groups is 1. The molecule has 0 aliphatic rings. The summed E-state index contributed by atoms with van der Waals surface area (Å²) < 4.78 is 0. The average molecular weight is 371 g/mol. The van der Waals surface area contributed by atoms with E-state index in [0.29, 0.717) is 0 Å². The van der Waals surface area contributed by atoms with Gasteiger partial charge in [-0.15, -0.1) is 13.2 Å². The third-order valence-corrected chi connectivity index (χ3v) is 0.289. The third-order valence-electron chi connectivity index (χ3n) is 0.289. The zero-order chi connectivity index (χ0) is 22.8. The molecule has 0 rings (SSSR count). The van der Waals surface area contributed by atoms with Crippen LogP contribution in [0, 0.1) is 0 Å². The molecular formula is C23H62S. The molecule has 0 N–H and O–H groups in total. The lowest BCUT2D eigenvalue weighted by atomic mass is 10.5. The monoisotopic (exact) mass is 370 g/mol. The van der Waals surface area contributed by atoms with Gasteiger partial charge in [0.15, 0.2) is 0 Å². The van der Waals surface area contributed by atoms with Gasteiger partial charge in [0.2, 0.25) is 0 Å². The minimum Gasteiger partial charge on any atom is -0.169 e. The van der Waals surface area contributed by atoms with Crippen LogP contribution in [0.15, 0.2) is 25.3 Å². The summed E-state index contributed by atoms with van der Waals surface area (Å²) in [4.78, 5) is 0. The summed E-state index contributed by atoms with van der Waals surface area (Å²) in [5.74, 6) is 0. The van der Waals surface area contributed by atoms with Crippen LogP contribution in [0.4, 0.5) is 0 Å². The van der Waals surface area contributed by atoms with Gasteiger partial charge < -0.3 is 0 Å². The van der Waals surface area contributed by atoms with Gasteiger partial charge >= 0.3 is 0 Å². The highest BCUT2D eigenvalue weighted by Gasteiger charge is 1.45. The van der Waals surface area contributed by atoms with Gasteiger partial charge in [-0.1, -0.05) is 116 Å². The first-order valence-corrected chi connectivity index (χ1v) is 12.0. The quantitative estimate of drug-likeness (QED) is 0.413. The Kier molecular flexibility index (Phi) is 2010. The highest BCUT2D eigenvalue weighted by molar-refractivity contribution is 7.97. The van der Waals surface area contributed by atoms with Crippen LogP contribution in [0.1, 0.15) is 117 Å². The number of rotatable bonds is 1. The van der Waals surface area contributed by atoms with Crippen molar-refractivity contribution >= 4 is 11.8 Å². The van der Waals surface area contributed by atoms with E-state index in [-0.39, 0.29) is 0 Å². The van der Waals surface area contributed by atoms with Crippen molar-refractivity contribution in [3.63, 3.8) is 0 Å². The summed E-state index contributed by atoms with van der Waals surface area (Å²) >= 11 is 1.75. The highest BCUT2D eigenvalue weighted by Crippen LogP contribution is 1.70. The maximum absolute atomic E-state index is 3.48. The average Bonchev–Trinajstić information content (AvgIpc) is 2.73. The highest BCUT2D eigenvalue weighted by atomic mass is 32.2. The first kappa shape index (κ1) is 64.9. The second kappa shape index (κ2) is 742. The van der Waals surface area contributed by atoms with Gasteiger partial charge in [-0.25, -0.2) is 0 Å². The van der Waals surface area contributed by atoms with Crippen LogP contribution in [0.2, 0.25) is 0 Å². The van der Waals surface area contributed by atoms with E-state index >= 15 is 0 Å². The molecule has 0 amide bonds. The number of hydrogen-bond acceptors (Lipinski definition) is 1. The molecule has 0 aliphatic carbocycles. The fourth-order valence-corrected chi connectivity index (χ4v) is 0. The van der Waals surface area contributed by atoms with E-state index in [1.807, 2.05) is 122 Å². The Morgan fingerprint density at radius 2 is 0.625 bits per heavy atom. The van der Waals surface area contributed by atoms with E-state index in [9.17, 15) is 0 Å².